The number of ether oxygens (including phenoxy) is 2. The first-order valence-corrected chi connectivity index (χ1v) is 17.3. The molecule has 0 unspecified atom stereocenters. The second-order valence-corrected chi connectivity index (χ2v) is 15.0. The SMILES string of the molecule is O=S(=O)(CCO)c1cccc(OC[C@@H](O)CN[C@H]2COC3(CCN(S(=O)(=O)c4cccc(-c5ccncc5)c4)CC3)C2)c1. The Bertz CT molecular complexity index is 1590. The molecule has 3 N–H and O–H groups in total. The van der Waals surface area contributed by atoms with Gasteiger partial charge in [0.15, 0.2) is 9.84 Å². The topological polar surface area (TPSA) is 155 Å². The maximum atomic E-state index is 13.5. The molecule has 3 heterocycles. The van der Waals surface area contributed by atoms with E-state index in [-0.39, 0.29) is 34.7 Å². The summed E-state index contributed by atoms with van der Waals surface area (Å²) in [6.45, 7) is 0.921. The summed E-state index contributed by atoms with van der Waals surface area (Å²) in [4.78, 5) is 4.34. The minimum absolute atomic E-state index is 0.00167. The van der Waals surface area contributed by atoms with E-state index >= 15 is 0 Å². The summed E-state index contributed by atoms with van der Waals surface area (Å²) in [5.74, 6) is -0.0603. The molecule has 0 amide bonds. The van der Waals surface area contributed by atoms with Crippen LogP contribution in [0.4, 0.5) is 0 Å². The van der Waals surface area contributed by atoms with Crippen LogP contribution < -0.4 is 10.1 Å². The lowest BCUT2D eigenvalue weighted by molar-refractivity contribution is -0.0312. The van der Waals surface area contributed by atoms with Gasteiger partial charge in [-0.25, -0.2) is 16.8 Å². The molecule has 0 aliphatic carbocycles. The van der Waals surface area contributed by atoms with Crippen molar-refractivity contribution in [3.8, 4) is 16.9 Å². The van der Waals surface area contributed by atoms with Gasteiger partial charge in [-0.05, 0) is 72.9 Å². The maximum absolute atomic E-state index is 13.5. The smallest absolute Gasteiger partial charge is 0.243 e. The van der Waals surface area contributed by atoms with Crippen LogP contribution in [0, 0.1) is 0 Å². The van der Waals surface area contributed by atoms with Crippen molar-refractivity contribution in [2.75, 3.05) is 45.2 Å². The highest BCUT2D eigenvalue weighted by Crippen LogP contribution is 2.37. The van der Waals surface area contributed by atoms with Crippen molar-refractivity contribution in [1.29, 1.82) is 0 Å². The van der Waals surface area contributed by atoms with E-state index in [0.29, 0.717) is 44.7 Å². The molecule has 43 heavy (non-hydrogen) atoms. The number of sulfonamides is 1. The highest BCUT2D eigenvalue weighted by molar-refractivity contribution is 7.91. The summed E-state index contributed by atoms with van der Waals surface area (Å²) >= 11 is 0. The number of nitrogens with one attached hydrogen (secondary N) is 1. The summed E-state index contributed by atoms with van der Waals surface area (Å²) in [6.07, 6.45) is 4.37. The molecule has 0 radical (unpaired) electrons. The Balaban J connectivity index is 1.09. The van der Waals surface area contributed by atoms with E-state index in [0.717, 1.165) is 11.1 Å². The Labute approximate surface area is 252 Å². The molecule has 0 saturated carbocycles. The third-order valence-electron chi connectivity index (χ3n) is 7.94. The number of aliphatic hydroxyl groups excluding tert-OH is 2. The zero-order valence-electron chi connectivity index (χ0n) is 23.7. The lowest BCUT2D eigenvalue weighted by Crippen LogP contribution is -2.47. The van der Waals surface area contributed by atoms with E-state index in [1.165, 1.54) is 16.4 Å². The fourth-order valence-corrected chi connectivity index (χ4v) is 8.08. The molecule has 5 rings (SSSR count). The van der Waals surface area contributed by atoms with Gasteiger partial charge < -0.3 is 25.0 Å². The average molecular weight is 632 g/mol. The van der Waals surface area contributed by atoms with Crippen molar-refractivity contribution in [1.82, 2.24) is 14.6 Å². The number of hydrogen-bond donors (Lipinski definition) is 3. The molecule has 0 bridgehead atoms. The number of nitrogens with zero attached hydrogens (tertiary/aromatic N) is 2. The Kier molecular flexibility index (Phi) is 9.81. The van der Waals surface area contributed by atoms with E-state index in [9.17, 15) is 21.9 Å². The Hall–Kier alpha value is -2.91. The molecule has 11 nitrogen and oxygen atoms in total. The number of piperidine rings is 1. The van der Waals surface area contributed by atoms with Gasteiger partial charge in [0.25, 0.3) is 0 Å². The first kappa shape index (κ1) is 31.5. The molecule has 2 aliphatic rings. The molecule has 1 spiro atoms. The van der Waals surface area contributed by atoms with Crippen LogP contribution in [0.3, 0.4) is 0 Å². The number of benzene rings is 2. The molecule has 1 aromatic heterocycles. The summed E-state index contributed by atoms with van der Waals surface area (Å²) in [7, 11) is -7.26. The van der Waals surface area contributed by atoms with Crippen molar-refractivity contribution >= 4 is 19.9 Å². The Morgan fingerprint density at radius 2 is 1.72 bits per heavy atom. The van der Waals surface area contributed by atoms with Crippen LogP contribution in [0.25, 0.3) is 11.1 Å². The van der Waals surface area contributed by atoms with Gasteiger partial charge in [-0.1, -0.05) is 18.2 Å². The van der Waals surface area contributed by atoms with Crippen molar-refractivity contribution in [3.63, 3.8) is 0 Å². The summed E-state index contributed by atoms with van der Waals surface area (Å²) in [5.41, 5.74) is 1.31. The van der Waals surface area contributed by atoms with E-state index in [4.69, 9.17) is 14.6 Å². The molecule has 2 saturated heterocycles. The normalized spacial score (nSPS) is 19.8. The predicted octanol–water partition coefficient (Wildman–Crippen LogP) is 1.86. The number of aliphatic hydroxyl groups is 2. The fourth-order valence-electron chi connectivity index (χ4n) is 5.54. The van der Waals surface area contributed by atoms with Crippen molar-refractivity contribution < 1.29 is 36.5 Å². The van der Waals surface area contributed by atoms with Crippen LogP contribution in [0.15, 0.2) is 82.8 Å². The maximum Gasteiger partial charge on any atom is 0.243 e. The van der Waals surface area contributed by atoms with E-state index in [2.05, 4.69) is 10.3 Å². The van der Waals surface area contributed by atoms with Gasteiger partial charge in [-0.2, -0.15) is 4.31 Å². The first-order chi connectivity index (χ1) is 20.6. The van der Waals surface area contributed by atoms with Crippen LogP contribution in [0.1, 0.15) is 19.3 Å². The second-order valence-electron chi connectivity index (χ2n) is 11.0. The predicted molar refractivity (Wildman–Crippen MR) is 160 cm³/mol. The minimum Gasteiger partial charge on any atom is -0.491 e. The molecule has 2 fully saturated rings. The van der Waals surface area contributed by atoms with Gasteiger partial charge in [0.05, 0.1) is 34.4 Å². The molecule has 3 aromatic rings. The first-order valence-electron chi connectivity index (χ1n) is 14.2. The zero-order valence-corrected chi connectivity index (χ0v) is 25.3. The number of sulfone groups is 1. The number of hydrogen-bond acceptors (Lipinski definition) is 10. The van der Waals surface area contributed by atoms with E-state index in [1.807, 2.05) is 18.2 Å². The van der Waals surface area contributed by atoms with E-state index in [1.54, 1.807) is 42.7 Å². The molecular weight excluding hydrogens is 594 g/mol. The van der Waals surface area contributed by atoms with Crippen molar-refractivity contribution in [2.24, 2.45) is 0 Å². The molecule has 13 heteroatoms. The molecule has 2 atom stereocenters. The van der Waals surface area contributed by atoms with E-state index < -0.39 is 38.2 Å². The number of pyridine rings is 1. The molecular formula is C30H37N3O8S2. The molecule has 232 valence electrons. The number of aromatic nitrogens is 1. The Morgan fingerprint density at radius 1 is 1.00 bits per heavy atom. The lowest BCUT2D eigenvalue weighted by Gasteiger charge is -2.38. The zero-order chi connectivity index (χ0) is 30.5. The lowest BCUT2D eigenvalue weighted by atomic mass is 9.88. The standard InChI is InChI=1S/C30H37N3O8S2/c34-15-16-42(36,37)28-5-2-4-27(18-28)40-22-26(35)20-32-25-19-30(41-21-25)9-13-33(14-10-30)43(38,39)29-6-1-3-24(17-29)23-7-11-31-12-8-23/h1-8,11-12,17-18,25-26,32,34-35H,9-10,13-16,19-22H2/t25-,26+/m1/s1. The van der Waals surface area contributed by atoms with Crippen LogP contribution in [-0.2, 0) is 24.6 Å². The third kappa shape index (κ3) is 7.60. The summed E-state index contributed by atoms with van der Waals surface area (Å²) < 4.78 is 64.6. The Morgan fingerprint density at radius 3 is 2.47 bits per heavy atom. The summed E-state index contributed by atoms with van der Waals surface area (Å²) in [5, 5.41) is 22.8. The fraction of sp³-hybridized carbons (Fsp3) is 0.433. The largest absolute Gasteiger partial charge is 0.491 e. The third-order valence-corrected chi connectivity index (χ3v) is 11.5. The highest BCUT2D eigenvalue weighted by atomic mass is 32.2. The quantitative estimate of drug-likeness (QED) is 0.270. The van der Waals surface area contributed by atoms with Gasteiger partial charge >= 0.3 is 0 Å². The van der Waals surface area contributed by atoms with Crippen LogP contribution in [0.5, 0.6) is 5.75 Å². The van der Waals surface area contributed by atoms with Gasteiger partial charge in [-0.3, -0.25) is 4.98 Å². The average Bonchev–Trinajstić information content (AvgIpc) is 3.41. The van der Waals surface area contributed by atoms with Crippen LogP contribution >= 0.6 is 0 Å². The highest BCUT2D eigenvalue weighted by Gasteiger charge is 2.44. The monoisotopic (exact) mass is 631 g/mol. The van der Waals surface area contributed by atoms with Gasteiger partial charge in [0.1, 0.15) is 18.5 Å². The van der Waals surface area contributed by atoms with Crippen molar-refractivity contribution in [3.05, 3.63) is 73.1 Å². The van der Waals surface area contributed by atoms with Gasteiger partial charge in [0.2, 0.25) is 10.0 Å². The second kappa shape index (κ2) is 13.4. The van der Waals surface area contributed by atoms with Gasteiger partial charge in [-0.15, -0.1) is 0 Å². The van der Waals surface area contributed by atoms with Crippen LogP contribution in [-0.4, -0.2) is 99.3 Å². The molecule has 2 aliphatic heterocycles. The van der Waals surface area contributed by atoms with Crippen molar-refractivity contribution in [2.45, 2.75) is 46.8 Å². The van der Waals surface area contributed by atoms with Gasteiger partial charge in [0, 0.05) is 38.1 Å². The molecule has 2 aromatic carbocycles. The summed E-state index contributed by atoms with van der Waals surface area (Å²) in [6, 6.07) is 16.6. The minimum atomic E-state index is -3.66. The van der Waals surface area contributed by atoms with Crippen LogP contribution in [0.2, 0.25) is 0 Å². The number of rotatable bonds is 12.